The van der Waals surface area contributed by atoms with Gasteiger partial charge in [0, 0.05) is 10.9 Å². The number of hydrogen-bond acceptors (Lipinski definition) is 4. The van der Waals surface area contributed by atoms with Crippen LogP contribution in [0.2, 0.25) is 0 Å². The maximum atomic E-state index is 12.2. The van der Waals surface area contributed by atoms with Crippen LogP contribution < -0.4 is 10.1 Å². The lowest BCUT2D eigenvalue weighted by molar-refractivity contribution is -0.117. The first kappa shape index (κ1) is 19.4. The van der Waals surface area contributed by atoms with E-state index < -0.39 is 0 Å². The van der Waals surface area contributed by atoms with Gasteiger partial charge in [0.2, 0.25) is 5.91 Å². The van der Waals surface area contributed by atoms with Gasteiger partial charge in [0.05, 0.1) is 17.1 Å². The number of nitrogens with zero attached hydrogens (tertiary/aromatic N) is 2. The van der Waals surface area contributed by atoms with Crippen molar-refractivity contribution in [3.05, 3.63) is 45.7 Å². The minimum atomic E-state index is -0.0690. The number of aryl methyl sites for hydroxylation is 2. The van der Waals surface area contributed by atoms with E-state index in [-0.39, 0.29) is 11.3 Å². The van der Waals surface area contributed by atoms with Crippen molar-refractivity contribution < 1.29 is 9.53 Å². The van der Waals surface area contributed by atoms with Crippen molar-refractivity contribution >= 4 is 27.5 Å². The summed E-state index contributed by atoms with van der Waals surface area (Å²) in [6.45, 7) is 10.2. The molecule has 0 fully saturated rings. The Hall–Kier alpha value is -1.95. The fraction of sp³-hybridized carbons (Fsp3) is 0.421. The standard InChI is InChI=1S/C19H24BrN3O2/c1-12-17(23-16(24)10-19(3,4)5)13(2)22-18(21-12)25-11-14-6-8-15(20)9-7-14/h6-9H,10-11H2,1-5H3,(H,23,24). The maximum absolute atomic E-state index is 12.2. The molecule has 0 saturated heterocycles. The maximum Gasteiger partial charge on any atom is 0.317 e. The summed E-state index contributed by atoms with van der Waals surface area (Å²) in [5.41, 5.74) is 3.01. The highest BCUT2D eigenvalue weighted by atomic mass is 79.9. The van der Waals surface area contributed by atoms with Crippen LogP contribution in [0.1, 0.15) is 44.1 Å². The fourth-order valence-corrected chi connectivity index (χ4v) is 2.59. The number of carbonyl (C=O) groups is 1. The summed E-state index contributed by atoms with van der Waals surface area (Å²) in [7, 11) is 0. The molecule has 1 amide bonds. The predicted octanol–water partition coefficient (Wildman–Crippen LogP) is 4.81. The highest BCUT2D eigenvalue weighted by Crippen LogP contribution is 2.23. The Kier molecular flexibility index (Phi) is 6.16. The third-order valence-electron chi connectivity index (χ3n) is 3.49. The summed E-state index contributed by atoms with van der Waals surface area (Å²) < 4.78 is 6.71. The molecule has 0 atom stereocenters. The number of nitrogens with one attached hydrogen (secondary N) is 1. The number of aromatic nitrogens is 2. The summed E-state index contributed by atoms with van der Waals surface area (Å²) in [5, 5.41) is 2.92. The van der Waals surface area contributed by atoms with Gasteiger partial charge in [0.25, 0.3) is 0 Å². The van der Waals surface area contributed by atoms with Gasteiger partial charge in [-0.25, -0.2) is 0 Å². The van der Waals surface area contributed by atoms with E-state index in [1.165, 1.54) is 0 Å². The second-order valence-corrected chi connectivity index (χ2v) is 8.17. The van der Waals surface area contributed by atoms with Gasteiger partial charge in [-0.2, -0.15) is 9.97 Å². The van der Waals surface area contributed by atoms with E-state index in [0.717, 1.165) is 10.0 Å². The Morgan fingerprint density at radius 1 is 1.12 bits per heavy atom. The highest BCUT2D eigenvalue weighted by molar-refractivity contribution is 9.10. The van der Waals surface area contributed by atoms with Gasteiger partial charge in [-0.15, -0.1) is 0 Å². The van der Waals surface area contributed by atoms with Gasteiger partial charge in [0.15, 0.2) is 0 Å². The predicted molar refractivity (Wildman–Crippen MR) is 103 cm³/mol. The Balaban J connectivity index is 2.06. The number of benzene rings is 1. The van der Waals surface area contributed by atoms with E-state index in [1.807, 2.05) is 58.9 Å². The molecule has 0 spiro atoms. The van der Waals surface area contributed by atoms with Gasteiger partial charge < -0.3 is 10.1 Å². The van der Waals surface area contributed by atoms with Gasteiger partial charge in [0.1, 0.15) is 6.61 Å². The first-order valence-electron chi connectivity index (χ1n) is 8.16. The van der Waals surface area contributed by atoms with Crippen LogP contribution in [0.5, 0.6) is 6.01 Å². The first-order valence-corrected chi connectivity index (χ1v) is 8.96. The molecule has 5 nitrogen and oxygen atoms in total. The lowest BCUT2D eigenvalue weighted by Gasteiger charge is -2.18. The largest absolute Gasteiger partial charge is 0.459 e. The van der Waals surface area contributed by atoms with Crippen molar-refractivity contribution in [3.8, 4) is 6.01 Å². The lowest BCUT2D eigenvalue weighted by atomic mass is 9.92. The number of hydrogen-bond donors (Lipinski definition) is 1. The number of amides is 1. The van der Waals surface area contributed by atoms with Gasteiger partial charge >= 0.3 is 6.01 Å². The van der Waals surface area contributed by atoms with Crippen LogP contribution >= 0.6 is 15.9 Å². The van der Waals surface area contributed by atoms with Crippen LogP contribution in [-0.4, -0.2) is 15.9 Å². The third kappa shape index (κ3) is 6.12. The van der Waals surface area contributed by atoms with E-state index >= 15 is 0 Å². The SMILES string of the molecule is Cc1nc(OCc2ccc(Br)cc2)nc(C)c1NC(=O)CC(C)(C)C. The summed E-state index contributed by atoms with van der Waals surface area (Å²) >= 11 is 3.41. The summed E-state index contributed by atoms with van der Waals surface area (Å²) in [6.07, 6.45) is 0.438. The van der Waals surface area contributed by atoms with E-state index in [2.05, 4.69) is 31.2 Å². The van der Waals surface area contributed by atoms with Crippen LogP contribution in [0.4, 0.5) is 5.69 Å². The quantitative estimate of drug-likeness (QED) is 0.774. The first-order chi connectivity index (χ1) is 11.6. The minimum Gasteiger partial charge on any atom is -0.459 e. The van der Waals surface area contributed by atoms with Crippen molar-refractivity contribution in [1.29, 1.82) is 0 Å². The molecule has 0 aliphatic rings. The number of ether oxygens (including phenoxy) is 1. The number of halogens is 1. The van der Waals surface area contributed by atoms with Crippen molar-refractivity contribution in [2.45, 2.75) is 47.6 Å². The van der Waals surface area contributed by atoms with E-state index in [1.54, 1.807) is 0 Å². The molecule has 0 aliphatic heterocycles. The zero-order chi connectivity index (χ0) is 18.6. The van der Waals surface area contributed by atoms with Crippen LogP contribution in [0.25, 0.3) is 0 Å². The third-order valence-corrected chi connectivity index (χ3v) is 4.02. The molecule has 1 N–H and O–H groups in total. The van der Waals surface area contributed by atoms with Gasteiger partial charge in [-0.3, -0.25) is 4.79 Å². The molecule has 0 radical (unpaired) electrons. The Morgan fingerprint density at radius 2 is 1.68 bits per heavy atom. The Bertz CT molecular complexity index is 729. The summed E-state index contributed by atoms with van der Waals surface area (Å²) in [6, 6.07) is 8.19. The van der Waals surface area contributed by atoms with Gasteiger partial charge in [-0.05, 0) is 37.0 Å². The molecule has 0 unspecified atom stereocenters. The van der Waals surface area contributed by atoms with E-state index in [4.69, 9.17) is 4.74 Å². The molecule has 25 heavy (non-hydrogen) atoms. The molecule has 2 rings (SSSR count). The lowest BCUT2D eigenvalue weighted by Crippen LogP contribution is -2.21. The average molecular weight is 406 g/mol. The molecule has 1 heterocycles. The average Bonchev–Trinajstić information content (AvgIpc) is 2.48. The fourth-order valence-electron chi connectivity index (χ4n) is 2.32. The monoisotopic (exact) mass is 405 g/mol. The topological polar surface area (TPSA) is 64.1 Å². The van der Waals surface area contributed by atoms with Crippen LogP contribution in [0, 0.1) is 19.3 Å². The van der Waals surface area contributed by atoms with Crippen molar-refractivity contribution in [2.24, 2.45) is 5.41 Å². The summed E-state index contributed by atoms with van der Waals surface area (Å²) in [4.78, 5) is 20.9. The van der Waals surface area contributed by atoms with Crippen molar-refractivity contribution in [2.75, 3.05) is 5.32 Å². The second kappa shape index (κ2) is 7.95. The summed E-state index contributed by atoms with van der Waals surface area (Å²) in [5.74, 6) is -0.0363. The molecule has 0 aliphatic carbocycles. The second-order valence-electron chi connectivity index (χ2n) is 7.25. The Morgan fingerprint density at radius 3 is 2.20 bits per heavy atom. The molecular formula is C19H24BrN3O2. The van der Waals surface area contributed by atoms with Crippen LogP contribution in [0.15, 0.2) is 28.7 Å². The number of rotatable bonds is 5. The molecule has 6 heteroatoms. The van der Waals surface area contributed by atoms with E-state index in [9.17, 15) is 4.79 Å². The molecular weight excluding hydrogens is 382 g/mol. The zero-order valence-corrected chi connectivity index (χ0v) is 16.9. The van der Waals surface area contributed by atoms with Crippen molar-refractivity contribution in [3.63, 3.8) is 0 Å². The van der Waals surface area contributed by atoms with Crippen LogP contribution in [-0.2, 0) is 11.4 Å². The normalized spacial score (nSPS) is 11.3. The van der Waals surface area contributed by atoms with Crippen molar-refractivity contribution in [1.82, 2.24) is 9.97 Å². The Labute approximate surface area is 157 Å². The molecule has 2 aromatic rings. The molecule has 1 aromatic heterocycles. The molecule has 0 saturated carbocycles. The highest BCUT2D eigenvalue weighted by Gasteiger charge is 2.18. The molecule has 1 aromatic carbocycles. The number of anilines is 1. The molecule has 0 bridgehead atoms. The zero-order valence-electron chi connectivity index (χ0n) is 15.3. The molecule has 134 valence electrons. The van der Waals surface area contributed by atoms with Gasteiger partial charge in [-0.1, -0.05) is 48.8 Å². The smallest absolute Gasteiger partial charge is 0.317 e. The number of carbonyl (C=O) groups excluding carboxylic acids is 1. The van der Waals surface area contributed by atoms with Crippen LogP contribution in [0.3, 0.4) is 0 Å². The minimum absolute atomic E-state index is 0.0363. The van der Waals surface area contributed by atoms with E-state index in [0.29, 0.717) is 36.1 Å².